The van der Waals surface area contributed by atoms with Gasteiger partial charge in [0.1, 0.15) is 6.10 Å². The van der Waals surface area contributed by atoms with Crippen molar-refractivity contribution in [3.63, 3.8) is 0 Å². The number of fused-ring (bicyclic) bond motifs is 5. The Bertz CT molecular complexity index is 1460. The summed E-state index contributed by atoms with van der Waals surface area (Å²) in [7, 11) is 0. The van der Waals surface area contributed by atoms with Gasteiger partial charge < -0.3 is 35.2 Å². The molecule has 4 fully saturated rings. The van der Waals surface area contributed by atoms with Crippen LogP contribution in [-0.2, 0) is 14.3 Å². The Balaban J connectivity index is 1.11. The molecule has 8 heteroatoms. The topological polar surface area (TPSA) is 128 Å². The van der Waals surface area contributed by atoms with Crippen LogP contribution in [0.2, 0.25) is 0 Å². The third-order valence-corrected chi connectivity index (χ3v) is 14.7. The van der Waals surface area contributed by atoms with Crippen molar-refractivity contribution in [1.82, 2.24) is 5.32 Å². The van der Waals surface area contributed by atoms with Gasteiger partial charge in [0.05, 0.1) is 42.2 Å². The van der Waals surface area contributed by atoms with Gasteiger partial charge >= 0.3 is 0 Å². The summed E-state index contributed by atoms with van der Waals surface area (Å²) in [5, 5.41) is 50.0. The molecule has 49 heavy (non-hydrogen) atoms. The van der Waals surface area contributed by atoms with E-state index < -0.39 is 40.5 Å². The molecule has 1 saturated heterocycles. The van der Waals surface area contributed by atoms with Crippen LogP contribution in [0.5, 0.6) is 0 Å². The van der Waals surface area contributed by atoms with E-state index in [9.17, 15) is 25.2 Å². The SMILES string of the molecule is C[C@H](O)CNC[C@H]1[C@@H]([C@@H](O)[C@@](C)(O)[C@H]2CC[C@@]3(O)C4=CC(=O)[C@@H]5C[C@]6(C=C[C@H](c7ccccc7)CO6)CC[C@]5(C)[C@H]4CC[C@]23C)OC[C@@H]1C. The predicted octanol–water partition coefficient (Wildman–Crippen LogP) is 4.70. The highest BCUT2D eigenvalue weighted by molar-refractivity contribution is 5.95. The molecule has 0 unspecified atom stereocenters. The molecule has 2 aliphatic heterocycles. The standard InChI is InChI=1S/C41H59NO7/c1-25-23-48-35(29(25)22-42-21-26(2)43)36(45)39(5,46)34-13-16-41(47)31-19-33(44)32-20-40(15-11-28(24-49-40)27-9-7-6-8-10-27)18-17-37(32,3)30(31)12-14-38(34,41)4/h6-11,15,19,25-26,28-30,32,34-36,42-43,45-47H,12-14,16-18,20-24H2,1-5H3/t25-,26-,28-,29+,30-,32-,34-,35-,36+,37+,38+,39-,40-,41+/m0/s1. The monoisotopic (exact) mass is 677 g/mol. The quantitative estimate of drug-likeness (QED) is 0.251. The molecule has 0 amide bonds. The molecule has 2 heterocycles. The summed E-state index contributed by atoms with van der Waals surface area (Å²) in [4.78, 5) is 14.2. The predicted molar refractivity (Wildman–Crippen MR) is 188 cm³/mol. The number of carbonyl (C=O) groups is 1. The lowest BCUT2D eigenvalue weighted by Crippen LogP contribution is -2.63. The highest BCUT2D eigenvalue weighted by atomic mass is 16.5. The molecule has 8 nitrogen and oxygen atoms in total. The van der Waals surface area contributed by atoms with E-state index in [-0.39, 0.29) is 46.7 Å². The molecule has 270 valence electrons. The first-order valence-corrected chi connectivity index (χ1v) is 18.9. The molecule has 3 saturated carbocycles. The number of hydrogen-bond acceptors (Lipinski definition) is 8. The third-order valence-electron chi connectivity index (χ3n) is 14.7. The summed E-state index contributed by atoms with van der Waals surface area (Å²) in [5.74, 6) is -0.0290. The van der Waals surface area contributed by atoms with Gasteiger partial charge in [0.15, 0.2) is 5.78 Å². The first-order valence-electron chi connectivity index (χ1n) is 18.9. The van der Waals surface area contributed by atoms with Gasteiger partial charge in [0.25, 0.3) is 0 Å². The largest absolute Gasteiger partial charge is 0.392 e. The van der Waals surface area contributed by atoms with Crippen LogP contribution in [0.1, 0.15) is 91.0 Å². The van der Waals surface area contributed by atoms with Crippen LogP contribution in [0.3, 0.4) is 0 Å². The summed E-state index contributed by atoms with van der Waals surface area (Å²) >= 11 is 0. The van der Waals surface area contributed by atoms with Crippen molar-refractivity contribution in [2.75, 3.05) is 26.3 Å². The van der Waals surface area contributed by atoms with E-state index in [1.165, 1.54) is 5.56 Å². The van der Waals surface area contributed by atoms with Crippen LogP contribution in [-0.4, -0.2) is 87.6 Å². The van der Waals surface area contributed by atoms with Crippen LogP contribution >= 0.6 is 0 Å². The molecule has 6 aliphatic rings. The normalized spacial score (nSPS) is 45.6. The van der Waals surface area contributed by atoms with E-state index in [1.807, 2.05) is 6.07 Å². The smallest absolute Gasteiger partial charge is 0.159 e. The van der Waals surface area contributed by atoms with Crippen molar-refractivity contribution in [3.05, 3.63) is 59.7 Å². The van der Waals surface area contributed by atoms with Crippen LogP contribution in [0.15, 0.2) is 54.1 Å². The lowest BCUT2D eigenvalue weighted by atomic mass is 9.45. The molecule has 14 atom stereocenters. The lowest BCUT2D eigenvalue weighted by molar-refractivity contribution is -0.194. The van der Waals surface area contributed by atoms with E-state index in [2.05, 4.69) is 62.5 Å². The number of carbonyl (C=O) groups excluding carboxylic acids is 1. The Morgan fingerprint density at radius 1 is 1.04 bits per heavy atom. The average Bonchev–Trinajstić information content (AvgIpc) is 3.58. The second-order valence-electron chi connectivity index (χ2n) is 17.6. The van der Waals surface area contributed by atoms with Crippen molar-refractivity contribution in [3.8, 4) is 0 Å². The molecule has 0 aromatic heterocycles. The molecule has 0 radical (unpaired) electrons. The van der Waals surface area contributed by atoms with E-state index in [0.717, 1.165) is 24.8 Å². The van der Waals surface area contributed by atoms with Gasteiger partial charge in [-0.25, -0.2) is 0 Å². The molecule has 4 aliphatic carbocycles. The fourth-order valence-corrected chi connectivity index (χ4v) is 11.6. The Morgan fingerprint density at radius 2 is 1.80 bits per heavy atom. The summed E-state index contributed by atoms with van der Waals surface area (Å²) in [6.07, 6.45) is 8.98. The van der Waals surface area contributed by atoms with Crippen LogP contribution in [0, 0.1) is 40.4 Å². The minimum absolute atomic E-state index is 0.0265. The van der Waals surface area contributed by atoms with E-state index >= 15 is 0 Å². The number of ketones is 1. The fraction of sp³-hybridized carbons (Fsp3) is 0.732. The zero-order valence-electron chi connectivity index (χ0n) is 30.1. The number of aliphatic hydroxyl groups excluding tert-OH is 2. The van der Waals surface area contributed by atoms with E-state index in [1.54, 1.807) is 19.9 Å². The summed E-state index contributed by atoms with van der Waals surface area (Å²) in [6.45, 7) is 12.0. The Labute approximate surface area is 292 Å². The summed E-state index contributed by atoms with van der Waals surface area (Å²) in [5.41, 5.74) is -2.10. The van der Waals surface area contributed by atoms with Gasteiger partial charge in [0.2, 0.25) is 0 Å². The van der Waals surface area contributed by atoms with Crippen molar-refractivity contribution < 1.29 is 34.7 Å². The van der Waals surface area contributed by atoms with Gasteiger partial charge in [-0.15, -0.1) is 0 Å². The fourth-order valence-electron chi connectivity index (χ4n) is 11.6. The molecular weight excluding hydrogens is 618 g/mol. The Morgan fingerprint density at radius 3 is 2.49 bits per heavy atom. The molecular formula is C41H59NO7. The number of allylic oxidation sites excluding steroid dienone is 1. The molecule has 5 N–H and O–H groups in total. The number of hydrogen-bond donors (Lipinski definition) is 5. The zero-order chi connectivity index (χ0) is 35.0. The average molecular weight is 678 g/mol. The maximum atomic E-state index is 14.2. The summed E-state index contributed by atoms with van der Waals surface area (Å²) in [6, 6.07) is 10.4. The lowest BCUT2D eigenvalue weighted by Gasteiger charge is -2.61. The minimum Gasteiger partial charge on any atom is -0.392 e. The van der Waals surface area contributed by atoms with Crippen LogP contribution < -0.4 is 5.32 Å². The number of ether oxygens (including phenoxy) is 2. The molecule has 1 aromatic carbocycles. The molecule has 7 rings (SSSR count). The summed E-state index contributed by atoms with van der Waals surface area (Å²) < 4.78 is 12.8. The zero-order valence-corrected chi connectivity index (χ0v) is 30.1. The maximum Gasteiger partial charge on any atom is 0.159 e. The highest BCUT2D eigenvalue weighted by Gasteiger charge is 2.70. The van der Waals surface area contributed by atoms with Crippen LogP contribution in [0.25, 0.3) is 0 Å². The highest BCUT2D eigenvalue weighted by Crippen LogP contribution is 2.69. The number of rotatable bonds is 8. The molecule has 1 aromatic rings. The molecule has 1 spiro atoms. The Hall–Kier alpha value is -1.91. The van der Waals surface area contributed by atoms with Gasteiger partial charge in [-0.1, -0.05) is 63.3 Å². The van der Waals surface area contributed by atoms with Crippen LogP contribution in [0.4, 0.5) is 0 Å². The number of aliphatic hydroxyl groups is 4. The first kappa shape index (κ1) is 35.5. The van der Waals surface area contributed by atoms with E-state index in [0.29, 0.717) is 52.0 Å². The van der Waals surface area contributed by atoms with E-state index in [4.69, 9.17) is 9.47 Å². The van der Waals surface area contributed by atoms with Gasteiger partial charge in [0, 0.05) is 36.3 Å². The van der Waals surface area contributed by atoms with Crippen molar-refractivity contribution in [2.45, 2.75) is 121 Å². The van der Waals surface area contributed by atoms with Gasteiger partial charge in [-0.3, -0.25) is 4.79 Å². The van der Waals surface area contributed by atoms with Crippen molar-refractivity contribution in [2.24, 2.45) is 40.4 Å². The van der Waals surface area contributed by atoms with Gasteiger partial charge in [-0.05, 0) is 99.2 Å². The first-order chi connectivity index (χ1) is 23.2. The van der Waals surface area contributed by atoms with Crippen molar-refractivity contribution in [1.29, 1.82) is 0 Å². The minimum atomic E-state index is -1.52. The maximum absolute atomic E-state index is 14.2. The Kier molecular flexibility index (Phi) is 9.16. The number of benzene rings is 1. The second kappa shape index (κ2) is 12.6. The van der Waals surface area contributed by atoms with Gasteiger partial charge in [-0.2, -0.15) is 0 Å². The number of nitrogens with one attached hydrogen (secondary N) is 1. The van der Waals surface area contributed by atoms with Crippen molar-refractivity contribution >= 4 is 5.78 Å². The molecule has 0 bridgehead atoms. The third kappa shape index (κ3) is 5.64. The second-order valence-corrected chi connectivity index (χ2v) is 17.6.